The van der Waals surface area contributed by atoms with Gasteiger partial charge in [-0.3, -0.25) is 19.3 Å². The highest BCUT2D eigenvalue weighted by molar-refractivity contribution is 6.42. The van der Waals surface area contributed by atoms with Gasteiger partial charge >= 0.3 is 0 Å². The predicted octanol–water partition coefficient (Wildman–Crippen LogP) is 4.83. The lowest BCUT2D eigenvalue weighted by atomic mass is 9.74. The number of carbonyl (C=O) groups excluding carboxylic acids is 3. The molecule has 5 aliphatic rings. The van der Waals surface area contributed by atoms with E-state index >= 15 is 0 Å². The van der Waals surface area contributed by atoms with E-state index in [1.54, 1.807) is 23.1 Å². The standard InChI is InChI=1S/C30H38Cl2N4O4.ClH/c1-18-7-5-6-14-35(18)15-16-36-26(28(38)33-19-8-3-2-4-9-19)30-13-12-23(40-30)24(25(30)29(36)39)27(37)34-20-10-11-21(31)22(32)17-20;/h10-13,17-19,23-26H,2-9,14-16H2,1H3,(H,33,38)(H,34,37);1H. The number of hydrogen-bond donors (Lipinski definition) is 2. The highest BCUT2D eigenvalue weighted by Gasteiger charge is 2.72. The fraction of sp³-hybridized carbons (Fsp3) is 0.633. The van der Waals surface area contributed by atoms with Crippen molar-refractivity contribution in [3.63, 3.8) is 0 Å². The summed E-state index contributed by atoms with van der Waals surface area (Å²) in [7, 11) is 0. The molecule has 6 atom stereocenters. The van der Waals surface area contributed by atoms with Crippen molar-refractivity contribution in [3.8, 4) is 0 Å². The number of fused-ring (bicyclic) bond motifs is 1. The molecule has 2 N–H and O–H groups in total. The fourth-order valence-electron chi connectivity index (χ4n) is 7.56. The van der Waals surface area contributed by atoms with Gasteiger partial charge in [0.2, 0.25) is 17.7 Å². The minimum atomic E-state index is -1.16. The average Bonchev–Trinajstić information content (AvgIpc) is 3.58. The average molecular weight is 626 g/mol. The number of rotatable bonds is 7. The quantitative estimate of drug-likeness (QED) is 0.424. The minimum Gasteiger partial charge on any atom is -0.359 e. The van der Waals surface area contributed by atoms with Gasteiger partial charge in [-0.25, -0.2) is 0 Å². The summed E-state index contributed by atoms with van der Waals surface area (Å²) in [4.78, 5) is 45.9. The van der Waals surface area contributed by atoms with Gasteiger partial charge in [-0.2, -0.15) is 0 Å². The number of ether oxygens (including phenoxy) is 1. The summed E-state index contributed by atoms with van der Waals surface area (Å²) in [6, 6.07) is 4.62. The molecule has 2 bridgehead atoms. The third-order valence-corrected chi connectivity index (χ3v) is 10.4. The normalized spacial score (nSPS) is 33.0. The summed E-state index contributed by atoms with van der Waals surface area (Å²) in [5, 5.41) is 6.88. The Hall–Kier alpha value is -1.84. The number of nitrogens with one attached hydrogen (secondary N) is 2. The number of nitrogens with zero attached hydrogens (tertiary/aromatic N) is 2. The van der Waals surface area contributed by atoms with Gasteiger partial charge in [0.25, 0.3) is 0 Å². The van der Waals surface area contributed by atoms with Gasteiger partial charge in [0.05, 0.1) is 28.0 Å². The number of benzene rings is 1. The van der Waals surface area contributed by atoms with Crippen molar-refractivity contribution in [2.75, 3.05) is 25.0 Å². The zero-order chi connectivity index (χ0) is 28.0. The van der Waals surface area contributed by atoms with E-state index < -0.39 is 29.6 Å². The number of carbonyl (C=O) groups is 3. The Kier molecular flexibility index (Phi) is 9.27. The van der Waals surface area contributed by atoms with Gasteiger partial charge in [0, 0.05) is 30.9 Å². The smallest absolute Gasteiger partial charge is 0.246 e. The fourth-order valence-corrected chi connectivity index (χ4v) is 7.86. The van der Waals surface area contributed by atoms with Gasteiger partial charge in [0.15, 0.2) is 0 Å². The Morgan fingerprint density at radius 2 is 1.78 bits per heavy atom. The Balaban J connectivity index is 0.00000337. The van der Waals surface area contributed by atoms with Gasteiger partial charge in [-0.05, 0) is 57.4 Å². The second kappa shape index (κ2) is 12.4. The van der Waals surface area contributed by atoms with E-state index in [1.807, 2.05) is 12.2 Å². The molecule has 3 saturated heterocycles. The van der Waals surface area contributed by atoms with Crippen molar-refractivity contribution in [2.45, 2.75) is 88.1 Å². The van der Waals surface area contributed by atoms with Crippen LogP contribution in [0.25, 0.3) is 0 Å². The zero-order valence-electron chi connectivity index (χ0n) is 23.3. The van der Waals surface area contributed by atoms with E-state index in [0.29, 0.717) is 34.9 Å². The lowest BCUT2D eigenvalue weighted by Gasteiger charge is -2.37. The third kappa shape index (κ3) is 5.63. The molecule has 0 aromatic heterocycles. The van der Waals surface area contributed by atoms with Gasteiger partial charge in [-0.15, -0.1) is 12.4 Å². The summed E-state index contributed by atoms with van der Waals surface area (Å²) < 4.78 is 6.48. The largest absolute Gasteiger partial charge is 0.359 e. The molecule has 4 fully saturated rings. The van der Waals surface area contributed by atoms with Crippen molar-refractivity contribution in [2.24, 2.45) is 11.8 Å². The summed E-state index contributed by atoms with van der Waals surface area (Å²) in [6.07, 6.45) is 11.9. The molecule has 4 heterocycles. The van der Waals surface area contributed by atoms with E-state index in [2.05, 4.69) is 22.5 Å². The highest BCUT2D eigenvalue weighted by atomic mass is 35.5. The molecule has 11 heteroatoms. The maximum absolute atomic E-state index is 14.2. The Morgan fingerprint density at radius 3 is 2.51 bits per heavy atom. The first-order chi connectivity index (χ1) is 19.3. The monoisotopic (exact) mass is 624 g/mol. The third-order valence-electron chi connectivity index (χ3n) is 9.63. The van der Waals surface area contributed by atoms with Crippen LogP contribution in [0.1, 0.15) is 58.3 Å². The lowest BCUT2D eigenvalue weighted by Crippen LogP contribution is -2.57. The molecular formula is C30H39Cl3N4O4. The zero-order valence-corrected chi connectivity index (χ0v) is 25.6. The van der Waals surface area contributed by atoms with Crippen LogP contribution in [0.5, 0.6) is 0 Å². The number of anilines is 1. The maximum atomic E-state index is 14.2. The molecule has 1 aromatic carbocycles. The SMILES string of the molecule is CC1CCCCN1CCN1C(=O)C2C(C(=O)Nc3ccc(Cl)c(Cl)c3)C3C=CC2(O3)C1C(=O)NC1CCCCC1.Cl. The molecule has 1 saturated carbocycles. The molecule has 41 heavy (non-hydrogen) atoms. The van der Waals surface area contributed by atoms with Crippen molar-refractivity contribution in [3.05, 3.63) is 40.4 Å². The van der Waals surface area contributed by atoms with Crippen LogP contribution in [0.15, 0.2) is 30.4 Å². The van der Waals surface area contributed by atoms with Gasteiger partial charge < -0.3 is 20.3 Å². The second-order valence-corrected chi connectivity index (χ2v) is 12.9. The Labute approximate surface area is 257 Å². The Bertz CT molecular complexity index is 1210. The first-order valence-corrected chi connectivity index (χ1v) is 15.5. The first-order valence-electron chi connectivity index (χ1n) is 14.8. The molecule has 8 nitrogen and oxygen atoms in total. The molecule has 0 radical (unpaired) electrons. The van der Waals surface area contributed by atoms with Crippen molar-refractivity contribution < 1.29 is 19.1 Å². The van der Waals surface area contributed by atoms with E-state index in [9.17, 15) is 14.4 Å². The maximum Gasteiger partial charge on any atom is 0.246 e. The number of amides is 3. The van der Waals surface area contributed by atoms with Gasteiger partial charge in [0.1, 0.15) is 11.6 Å². The van der Waals surface area contributed by atoms with Crippen LogP contribution in [0.4, 0.5) is 5.69 Å². The second-order valence-electron chi connectivity index (χ2n) is 12.1. The van der Waals surface area contributed by atoms with Crippen LogP contribution in [0, 0.1) is 11.8 Å². The summed E-state index contributed by atoms with van der Waals surface area (Å²) in [5.74, 6) is -2.22. The molecule has 6 rings (SSSR count). The van der Waals surface area contributed by atoms with E-state index in [-0.39, 0.29) is 36.2 Å². The summed E-state index contributed by atoms with van der Waals surface area (Å²) in [6.45, 7) is 4.33. The van der Waals surface area contributed by atoms with Crippen LogP contribution in [0.3, 0.4) is 0 Å². The highest BCUT2D eigenvalue weighted by Crippen LogP contribution is 2.55. The van der Waals surface area contributed by atoms with Gasteiger partial charge in [-0.1, -0.05) is 61.0 Å². The van der Waals surface area contributed by atoms with Crippen LogP contribution < -0.4 is 10.6 Å². The molecular weight excluding hydrogens is 587 g/mol. The molecule has 1 aliphatic carbocycles. The molecule has 1 spiro atoms. The molecule has 3 amide bonds. The molecule has 6 unspecified atom stereocenters. The minimum absolute atomic E-state index is 0. The molecule has 224 valence electrons. The van der Waals surface area contributed by atoms with Crippen molar-refractivity contribution in [1.29, 1.82) is 0 Å². The number of likely N-dealkylation sites (tertiary alicyclic amines) is 2. The Morgan fingerprint density at radius 1 is 1.02 bits per heavy atom. The predicted molar refractivity (Wildman–Crippen MR) is 161 cm³/mol. The topological polar surface area (TPSA) is 91.0 Å². The summed E-state index contributed by atoms with van der Waals surface area (Å²) in [5.41, 5.74) is -0.665. The van der Waals surface area contributed by atoms with Crippen LogP contribution in [-0.4, -0.2) is 77.0 Å². The molecule has 4 aliphatic heterocycles. The number of piperidine rings is 1. The van der Waals surface area contributed by atoms with E-state index in [0.717, 1.165) is 45.1 Å². The summed E-state index contributed by atoms with van der Waals surface area (Å²) >= 11 is 12.2. The van der Waals surface area contributed by atoms with Crippen molar-refractivity contribution in [1.82, 2.24) is 15.1 Å². The van der Waals surface area contributed by atoms with E-state index in [4.69, 9.17) is 27.9 Å². The van der Waals surface area contributed by atoms with Crippen molar-refractivity contribution >= 4 is 59.0 Å². The van der Waals surface area contributed by atoms with Crippen LogP contribution >= 0.6 is 35.6 Å². The molecule has 1 aromatic rings. The number of hydrogen-bond acceptors (Lipinski definition) is 5. The number of halogens is 3. The first kappa shape index (κ1) is 30.6. The van der Waals surface area contributed by atoms with E-state index in [1.165, 1.54) is 12.8 Å². The van der Waals surface area contributed by atoms with Crippen LogP contribution in [-0.2, 0) is 19.1 Å². The lowest BCUT2D eigenvalue weighted by molar-refractivity contribution is -0.141. The van der Waals surface area contributed by atoms with Crippen LogP contribution in [0.2, 0.25) is 10.0 Å².